The Bertz CT molecular complexity index is 734. The second-order valence-corrected chi connectivity index (χ2v) is 7.03. The van der Waals surface area contributed by atoms with Crippen molar-refractivity contribution in [1.82, 2.24) is 4.37 Å². The summed E-state index contributed by atoms with van der Waals surface area (Å²) in [7, 11) is 0. The highest BCUT2D eigenvalue weighted by atomic mass is 32.1. The fourth-order valence-electron chi connectivity index (χ4n) is 2.53. The molecule has 122 valence electrons. The van der Waals surface area contributed by atoms with Gasteiger partial charge in [0.2, 0.25) is 5.91 Å². The maximum absolute atomic E-state index is 13.3. The monoisotopic (exact) mass is 336 g/mol. The first-order valence-corrected chi connectivity index (χ1v) is 8.30. The average molecular weight is 336 g/mol. The number of amides is 1. The average Bonchev–Trinajstić information content (AvgIpc) is 3.12. The Morgan fingerprint density at radius 3 is 2.48 bits per heavy atom. The van der Waals surface area contributed by atoms with Crippen molar-refractivity contribution in [3.63, 3.8) is 0 Å². The van der Waals surface area contributed by atoms with Crippen molar-refractivity contribution >= 4 is 22.4 Å². The summed E-state index contributed by atoms with van der Waals surface area (Å²) in [4.78, 5) is 12.0. The van der Waals surface area contributed by atoms with Crippen molar-refractivity contribution in [3.8, 4) is 11.3 Å². The van der Waals surface area contributed by atoms with E-state index in [1.54, 1.807) is 12.1 Å². The van der Waals surface area contributed by atoms with Gasteiger partial charge < -0.3 is 5.32 Å². The number of alkyl halides is 2. The summed E-state index contributed by atoms with van der Waals surface area (Å²) in [6, 6.07) is 6.11. The van der Waals surface area contributed by atoms with E-state index in [4.69, 9.17) is 0 Å². The largest absolute Gasteiger partial charge is 0.316 e. The van der Waals surface area contributed by atoms with E-state index >= 15 is 0 Å². The maximum atomic E-state index is 13.3. The number of rotatable bonds is 4. The van der Waals surface area contributed by atoms with Crippen molar-refractivity contribution in [2.75, 3.05) is 5.32 Å². The Balaban J connectivity index is 1.80. The van der Waals surface area contributed by atoms with Gasteiger partial charge in [-0.25, -0.2) is 8.78 Å². The van der Waals surface area contributed by atoms with E-state index in [1.165, 1.54) is 23.7 Å². The molecule has 0 aliphatic heterocycles. The number of halogens is 2. The standard InChI is InChI=1S/C17H18F2N2OS/c1-9-8-13(9)15(22)20-16-10(2)14(21-23-16)11-4-6-12(7-5-11)17(3,18)19/h4-7,9,13H,8H2,1-3H3,(H,20,22)/t9?,13-/m1/s1. The molecule has 1 aromatic carbocycles. The van der Waals surface area contributed by atoms with Gasteiger partial charge in [0.15, 0.2) is 0 Å². The summed E-state index contributed by atoms with van der Waals surface area (Å²) in [5.41, 5.74) is 2.34. The molecule has 1 N–H and O–H groups in total. The molecule has 1 aliphatic carbocycles. The molecule has 2 atom stereocenters. The molecular formula is C17H18F2N2OS. The quantitative estimate of drug-likeness (QED) is 0.869. The summed E-state index contributed by atoms with van der Waals surface area (Å²) in [6.45, 7) is 4.82. The van der Waals surface area contributed by atoms with Crippen LogP contribution in [0.5, 0.6) is 0 Å². The summed E-state index contributed by atoms with van der Waals surface area (Å²) in [5, 5.41) is 3.66. The Morgan fingerprint density at radius 2 is 1.96 bits per heavy atom. The van der Waals surface area contributed by atoms with Gasteiger partial charge in [0.25, 0.3) is 5.92 Å². The Hall–Kier alpha value is -1.82. The van der Waals surface area contributed by atoms with Gasteiger partial charge in [0, 0.05) is 29.5 Å². The molecule has 0 spiro atoms. The second-order valence-electron chi connectivity index (χ2n) is 6.26. The third-order valence-corrected chi connectivity index (χ3v) is 5.14. The zero-order valence-corrected chi connectivity index (χ0v) is 14.0. The van der Waals surface area contributed by atoms with Crippen LogP contribution in [0.3, 0.4) is 0 Å². The Morgan fingerprint density at radius 1 is 1.35 bits per heavy atom. The molecule has 3 rings (SSSR count). The van der Waals surface area contributed by atoms with Gasteiger partial charge >= 0.3 is 0 Å². The first-order valence-electron chi connectivity index (χ1n) is 7.53. The van der Waals surface area contributed by atoms with Gasteiger partial charge in [0.1, 0.15) is 5.00 Å². The Kier molecular flexibility index (Phi) is 3.96. The summed E-state index contributed by atoms with van der Waals surface area (Å²) >= 11 is 1.23. The lowest BCUT2D eigenvalue weighted by Gasteiger charge is -2.10. The second kappa shape index (κ2) is 5.67. The zero-order valence-electron chi connectivity index (χ0n) is 13.2. The molecule has 0 saturated heterocycles. The zero-order chi connectivity index (χ0) is 16.8. The number of carbonyl (C=O) groups excluding carboxylic acids is 1. The van der Waals surface area contributed by atoms with Crippen LogP contribution in [0.4, 0.5) is 13.8 Å². The number of anilines is 1. The van der Waals surface area contributed by atoms with Crippen LogP contribution in [0.25, 0.3) is 11.3 Å². The maximum Gasteiger partial charge on any atom is 0.270 e. The topological polar surface area (TPSA) is 42.0 Å². The highest BCUT2D eigenvalue weighted by molar-refractivity contribution is 7.10. The number of benzene rings is 1. The third kappa shape index (κ3) is 3.27. The van der Waals surface area contributed by atoms with Crippen LogP contribution in [0, 0.1) is 18.8 Å². The fraction of sp³-hybridized carbons (Fsp3) is 0.412. The third-order valence-electron chi connectivity index (χ3n) is 4.27. The van der Waals surface area contributed by atoms with Crippen molar-refractivity contribution in [2.24, 2.45) is 11.8 Å². The molecule has 1 aromatic heterocycles. The molecule has 3 nitrogen and oxygen atoms in total. The lowest BCUT2D eigenvalue weighted by molar-refractivity contribution is -0.117. The van der Waals surface area contributed by atoms with Crippen molar-refractivity contribution in [2.45, 2.75) is 33.1 Å². The number of nitrogens with zero attached hydrogens (tertiary/aromatic N) is 1. The van der Waals surface area contributed by atoms with Crippen LogP contribution in [-0.2, 0) is 10.7 Å². The van der Waals surface area contributed by atoms with Gasteiger partial charge in [-0.05, 0) is 30.8 Å². The van der Waals surface area contributed by atoms with E-state index < -0.39 is 5.92 Å². The molecule has 6 heteroatoms. The summed E-state index contributed by atoms with van der Waals surface area (Å²) in [6.07, 6.45) is 0.934. The minimum Gasteiger partial charge on any atom is -0.316 e. The lowest BCUT2D eigenvalue weighted by Crippen LogP contribution is -2.14. The van der Waals surface area contributed by atoms with E-state index in [0.717, 1.165) is 35.2 Å². The van der Waals surface area contributed by atoms with Crippen molar-refractivity contribution < 1.29 is 13.6 Å². The van der Waals surface area contributed by atoms with Gasteiger partial charge in [-0.2, -0.15) is 4.37 Å². The van der Waals surface area contributed by atoms with Gasteiger partial charge in [-0.1, -0.05) is 31.2 Å². The molecule has 2 aromatic rings. The molecular weight excluding hydrogens is 318 g/mol. The highest BCUT2D eigenvalue weighted by Crippen LogP contribution is 2.40. The van der Waals surface area contributed by atoms with E-state index in [0.29, 0.717) is 5.92 Å². The molecule has 1 aliphatic rings. The number of aromatic nitrogens is 1. The first-order chi connectivity index (χ1) is 10.8. The molecule has 1 amide bonds. The number of carbonyl (C=O) groups is 1. The van der Waals surface area contributed by atoms with Crippen LogP contribution < -0.4 is 5.32 Å². The normalized spacial score (nSPS) is 20.4. The first kappa shape index (κ1) is 16.1. The van der Waals surface area contributed by atoms with E-state index in [1.807, 2.05) is 6.92 Å². The van der Waals surface area contributed by atoms with Crippen LogP contribution in [0.15, 0.2) is 24.3 Å². The fourth-order valence-corrected chi connectivity index (χ4v) is 3.34. The molecule has 1 unspecified atom stereocenters. The minimum atomic E-state index is -2.85. The molecule has 1 saturated carbocycles. The van der Waals surface area contributed by atoms with Gasteiger partial charge in [-0.3, -0.25) is 4.79 Å². The van der Waals surface area contributed by atoms with Gasteiger partial charge in [-0.15, -0.1) is 0 Å². The predicted molar refractivity (Wildman–Crippen MR) is 87.8 cm³/mol. The number of nitrogens with one attached hydrogen (secondary N) is 1. The smallest absolute Gasteiger partial charge is 0.270 e. The molecule has 0 radical (unpaired) electrons. The summed E-state index contributed by atoms with van der Waals surface area (Å²) in [5.74, 6) is -2.26. The van der Waals surface area contributed by atoms with Crippen molar-refractivity contribution in [3.05, 3.63) is 35.4 Å². The lowest BCUT2D eigenvalue weighted by atomic mass is 10.0. The van der Waals surface area contributed by atoms with Crippen LogP contribution in [0.2, 0.25) is 0 Å². The van der Waals surface area contributed by atoms with Crippen LogP contribution >= 0.6 is 11.5 Å². The van der Waals surface area contributed by atoms with Crippen molar-refractivity contribution in [1.29, 1.82) is 0 Å². The predicted octanol–water partition coefficient (Wildman–Crippen LogP) is 4.82. The summed E-state index contributed by atoms with van der Waals surface area (Å²) < 4.78 is 30.9. The molecule has 1 fully saturated rings. The molecule has 23 heavy (non-hydrogen) atoms. The van der Waals surface area contributed by atoms with E-state index in [2.05, 4.69) is 16.6 Å². The van der Waals surface area contributed by atoms with Crippen LogP contribution in [-0.4, -0.2) is 10.3 Å². The molecule has 1 heterocycles. The Labute approximate surface area is 137 Å². The number of hydrogen-bond donors (Lipinski definition) is 1. The van der Waals surface area contributed by atoms with E-state index in [9.17, 15) is 13.6 Å². The molecule has 0 bridgehead atoms. The van der Waals surface area contributed by atoms with Crippen LogP contribution in [0.1, 0.15) is 31.4 Å². The minimum absolute atomic E-state index is 0.0228. The van der Waals surface area contributed by atoms with Gasteiger partial charge in [0.05, 0.1) is 5.69 Å². The van der Waals surface area contributed by atoms with E-state index in [-0.39, 0.29) is 17.4 Å². The highest BCUT2D eigenvalue weighted by Gasteiger charge is 2.39. The number of hydrogen-bond acceptors (Lipinski definition) is 3. The SMILES string of the molecule is Cc1c(-c2ccc(C(C)(F)F)cc2)nsc1NC(=O)[C@@H]1CC1C.